The summed E-state index contributed by atoms with van der Waals surface area (Å²) in [6.45, 7) is 13.3. The molecule has 0 saturated heterocycles. The minimum atomic E-state index is 0. The number of hydrogen-bond acceptors (Lipinski definition) is 3. The van der Waals surface area contributed by atoms with Crippen molar-refractivity contribution in [1.82, 2.24) is 19.1 Å². The average molecular weight is 849 g/mol. The van der Waals surface area contributed by atoms with Crippen molar-refractivity contribution in [2.75, 3.05) is 4.90 Å². The van der Waals surface area contributed by atoms with Gasteiger partial charge in [0.05, 0.1) is 17.7 Å². The van der Waals surface area contributed by atoms with Crippen molar-refractivity contribution in [1.29, 1.82) is 0 Å². The largest absolute Gasteiger partial charge is 2.00 e. The first-order chi connectivity index (χ1) is 24.3. The molecule has 0 fully saturated rings. The van der Waals surface area contributed by atoms with E-state index in [9.17, 15) is 0 Å². The predicted octanol–water partition coefficient (Wildman–Crippen LogP) is 11.2. The molecule has 0 atom stereocenters. The summed E-state index contributed by atoms with van der Waals surface area (Å²) in [5.41, 5.74) is 13.2. The fourth-order valence-corrected chi connectivity index (χ4v) is 6.88. The van der Waals surface area contributed by atoms with Crippen molar-refractivity contribution in [3.8, 4) is 22.6 Å². The van der Waals surface area contributed by atoms with E-state index in [4.69, 9.17) is 9.97 Å². The Morgan fingerprint density at radius 1 is 0.667 bits per heavy atom. The van der Waals surface area contributed by atoms with Crippen LogP contribution in [0.4, 0.5) is 17.1 Å². The number of imidazole rings is 2. The van der Waals surface area contributed by atoms with Gasteiger partial charge >= 0.3 is 21.1 Å². The van der Waals surface area contributed by atoms with Crippen LogP contribution in [0.25, 0.3) is 22.6 Å². The number of rotatable bonds is 10. The topological polar surface area (TPSA) is 38.9 Å². The summed E-state index contributed by atoms with van der Waals surface area (Å²) in [5.74, 6) is 1.76. The van der Waals surface area contributed by atoms with Crippen molar-refractivity contribution in [2.45, 2.75) is 59.8 Å². The molecule has 7 aromatic rings. The molecule has 2 aromatic heterocycles. The molecule has 0 aliphatic rings. The second-order valence-electron chi connectivity index (χ2n) is 13.6. The fourth-order valence-electron chi connectivity index (χ4n) is 6.88. The van der Waals surface area contributed by atoms with Gasteiger partial charge in [-0.1, -0.05) is 88.0 Å². The zero-order valence-electron chi connectivity index (χ0n) is 30.0. The molecule has 0 amide bonds. The van der Waals surface area contributed by atoms with Crippen LogP contribution in [0.5, 0.6) is 0 Å². The number of para-hydroxylation sites is 3. The van der Waals surface area contributed by atoms with E-state index in [-0.39, 0.29) is 21.1 Å². The van der Waals surface area contributed by atoms with Crippen LogP contribution in [-0.4, -0.2) is 19.1 Å². The van der Waals surface area contributed by atoms with Crippen LogP contribution >= 0.6 is 0 Å². The van der Waals surface area contributed by atoms with Gasteiger partial charge in [0.25, 0.3) is 0 Å². The minimum absolute atomic E-state index is 0. The quantitative estimate of drug-likeness (QED) is 0.129. The Hall–Kier alpha value is -4.99. The van der Waals surface area contributed by atoms with Gasteiger partial charge in [-0.2, -0.15) is 23.8 Å². The summed E-state index contributed by atoms with van der Waals surface area (Å²) >= 11 is 0. The summed E-state index contributed by atoms with van der Waals surface area (Å²) < 4.78 is 4.40. The maximum Gasteiger partial charge on any atom is 2.00 e. The van der Waals surface area contributed by atoms with Gasteiger partial charge in [-0.05, 0) is 72.0 Å². The van der Waals surface area contributed by atoms with Crippen LogP contribution in [0, 0.1) is 26.0 Å². The number of aromatic nitrogens is 4. The molecule has 5 nitrogen and oxygen atoms in total. The SMILES string of the molecule is Cc1cccc(C)c1-n1ccnc1Cc1[c-]c(N(c2[c-]c(-c3cn(-c4c(C(C)C)cccc4C(C)C)cn3)ccc2)c2ccccc2)ccc1.[Pt+2]. The number of hydrogen-bond donors (Lipinski definition) is 0. The molecule has 5 aromatic carbocycles. The van der Waals surface area contributed by atoms with Crippen molar-refractivity contribution in [3.63, 3.8) is 0 Å². The summed E-state index contributed by atoms with van der Waals surface area (Å²) in [6.07, 6.45) is 8.67. The Kier molecular flexibility index (Phi) is 10.9. The maximum absolute atomic E-state index is 4.91. The molecule has 0 radical (unpaired) electrons. The van der Waals surface area contributed by atoms with Crippen LogP contribution in [0.3, 0.4) is 0 Å². The summed E-state index contributed by atoms with van der Waals surface area (Å²) in [7, 11) is 0. The van der Waals surface area contributed by atoms with Crippen LogP contribution in [0.1, 0.15) is 73.2 Å². The van der Waals surface area contributed by atoms with Crippen molar-refractivity contribution in [3.05, 3.63) is 174 Å². The van der Waals surface area contributed by atoms with Crippen molar-refractivity contribution in [2.24, 2.45) is 0 Å². The van der Waals surface area contributed by atoms with E-state index in [1.54, 1.807) is 0 Å². The number of anilines is 3. The van der Waals surface area contributed by atoms with Crippen LogP contribution in [0.15, 0.2) is 128 Å². The second kappa shape index (κ2) is 15.5. The molecule has 0 saturated carbocycles. The molecular weight excluding hydrogens is 806 g/mol. The van der Waals surface area contributed by atoms with Crippen LogP contribution < -0.4 is 4.90 Å². The van der Waals surface area contributed by atoms with Gasteiger partial charge < -0.3 is 14.0 Å². The van der Waals surface area contributed by atoms with E-state index in [2.05, 4.69) is 177 Å². The third-order valence-corrected chi connectivity index (χ3v) is 9.32. The average Bonchev–Trinajstić information content (AvgIpc) is 3.79. The zero-order chi connectivity index (χ0) is 34.8. The fraction of sp³-hybridized carbons (Fsp3) is 0.200. The monoisotopic (exact) mass is 848 g/mol. The molecular formula is C45H43N5Pt. The molecule has 0 N–H and O–H groups in total. The molecule has 2 heterocycles. The van der Waals surface area contributed by atoms with E-state index in [1.165, 1.54) is 33.6 Å². The van der Waals surface area contributed by atoms with Crippen LogP contribution in [-0.2, 0) is 27.5 Å². The number of nitrogens with zero attached hydrogens (tertiary/aromatic N) is 5. The van der Waals surface area contributed by atoms with Gasteiger partial charge in [0, 0.05) is 30.2 Å². The first-order valence-corrected chi connectivity index (χ1v) is 17.4. The molecule has 258 valence electrons. The number of aryl methyl sites for hydroxylation is 2. The Morgan fingerprint density at radius 3 is 1.98 bits per heavy atom. The van der Waals surface area contributed by atoms with E-state index in [0.29, 0.717) is 18.3 Å². The predicted molar refractivity (Wildman–Crippen MR) is 205 cm³/mol. The molecule has 0 unspecified atom stereocenters. The van der Waals surface area contributed by atoms with Gasteiger partial charge in [-0.25, -0.2) is 4.98 Å². The van der Waals surface area contributed by atoms with Gasteiger partial charge in [0.15, 0.2) is 0 Å². The van der Waals surface area contributed by atoms with E-state index in [0.717, 1.165) is 39.7 Å². The van der Waals surface area contributed by atoms with Gasteiger partial charge in [-0.15, -0.1) is 35.9 Å². The van der Waals surface area contributed by atoms with E-state index < -0.39 is 0 Å². The van der Waals surface area contributed by atoms with Crippen LogP contribution in [0.2, 0.25) is 0 Å². The number of benzene rings is 5. The van der Waals surface area contributed by atoms with E-state index in [1.807, 2.05) is 18.6 Å². The standard InChI is InChI=1S/C45H43N5.Pt/c1-31(2)40-22-13-23-41(32(3)4)45(40)48-29-42(47-30-48)36-17-12-21-39(28-36)50(37-18-8-7-9-19-37)38-20-11-16-35(26-38)27-43-46-24-25-49(43)44-33(5)14-10-15-34(44)6;/h7-25,29-32H,27H2,1-6H3;/q-2;+2. The normalized spacial score (nSPS) is 11.2. The molecule has 6 heteroatoms. The van der Waals surface area contributed by atoms with Gasteiger partial charge in [0.1, 0.15) is 5.82 Å². The summed E-state index contributed by atoms with van der Waals surface area (Å²) in [6, 6.07) is 43.6. The molecule has 0 spiro atoms. The smallest absolute Gasteiger partial charge is 0.352 e. The van der Waals surface area contributed by atoms with Crippen molar-refractivity contribution >= 4 is 17.1 Å². The third kappa shape index (κ3) is 7.41. The molecule has 0 aliphatic heterocycles. The summed E-state index contributed by atoms with van der Waals surface area (Å²) in [5, 5.41) is 0. The molecule has 7 rings (SSSR count). The Balaban J connectivity index is 0.00000448. The molecule has 0 aliphatic carbocycles. The minimum Gasteiger partial charge on any atom is -0.352 e. The van der Waals surface area contributed by atoms with Gasteiger partial charge in [-0.3, -0.25) is 4.98 Å². The Labute approximate surface area is 316 Å². The first-order valence-electron chi connectivity index (χ1n) is 17.4. The Morgan fingerprint density at radius 2 is 1.29 bits per heavy atom. The summed E-state index contributed by atoms with van der Waals surface area (Å²) in [4.78, 5) is 11.9. The Bertz CT molecular complexity index is 2200. The first kappa shape index (κ1) is 35.8. The van der Waals surface area contributed by atoms with Gasteiger partial charge in [0.2, 0.25) is 0 Å². The van der Waals surface area contributed by atoms with Crippen molar-refractivity contribution < 1.29 is 21.1 Å². The molecule has 51 heavy (non-hydrogen) atoms. The zero-order valence-corrected chi connectivity index (χ0v) is 32.3. The maximum atomic E-state index is 4.91. The molecule has 0 bridgehead atoms. The second-order valence-corrected chi connectivity index (χ2v) is 13.6. The third-order valence-electron chi connectivity index (χ3n) is 9.32. The van der Waals surface area contributed by atoms with E-state index >= 15 is 0 Å².